The van der Waals surface area contributed by atoms with Crippen LogP contribution in [0.2, 0.25) is 0 Å². The van der Waals surface area contributed by atoms with E-state index in [0.29, 0.717) is 32.2 Å². The van der Waals surface area contributed by atoms with Crippen LogP contribution in [-0.4, -0.2) is 44.4 Å². The Labute approximate surface area is 127 Å². The van der Waals surface area contributed by atoms with Crippen LogP contribution in [0.15, 0.2) is 0 Å². The summed E-state index contributed by atoms with van der Waals surface area (Å²) in [4.78, 5) is 11.5. The maximum atomic E-state index is 12.5. The molecular weight excluding hydrogens is 292 g/mol. The monoisotopic (exact) mass is 318 g/mol. The molecule has 1 N–H and O–H groups in total. The van der Waals surface area contributed by atoms with Gasteiger partial charge in [-0.3, -0.25) is 4.79 Å². The first-order chi connectivity index (χ1) is 9.94. The highest BCUT2D eigenvalue weighted by molar-refractivity contribution is 7.87. The number of nitrogens with zero attached hydrogens (tertiary/aromatic N) is 1. The second-order valence-corrected chi connectivity index (χ2v) is 7.80. The van der Waals surface area contributed by atoms with Crippen LogP contribution >= 0.6 is 0 Å². The largest absolute Gasteiger partial charge is 0.469 e. The number of piperidine rings is 1. The summed E-state index contributed by atoms with van der Waals surface area (Å²) in [5.74, 6) is -0.259. The van der Waals surface area contributed by atoms with Gasteiger partial charge in [0.1, 0.15) is 0 Å². The molecule has 2 fully saturated rings. The van der Waals surface area contributed by atoms with Crippen molar-refractivity contribution >= 4 is 16.2 Å². The summed E-state index contributed by atoms with van der Waals surface area (Å²) in [6, 6.07) is 0.00712. The van der Waals surface area contributed by atoms with Gasteiger partial charge in [0.2, 0.25) is 0 Å². The average Bonchev–Trinajstić information content (AvgIpc) is 2.47. The molecule has 1 atom stereocenters. The number of hydrogen-bond donors (Lipinski definition) is 1. The third kappa shape index (κ3) is 4.17. The van der Waals surface area contributed by atoms with Gasteiger partial charge in [-0.15, -0.1) is 0 Å². The van der Waals surface area contributed by atoms with Crippen molar-refractivity contribution in [3.8, 4) is 0 Å². The molecular formula is C14H26N2O4S. The second kappa shape index (κ2) is 7.07. The van der Waals surface area contributed by atoms with E-state index in [4.69, 9.17) is 4.74 Å². The molecule has 0 bridgehead atoms. The lowest BCUT2D eigenvalue weighted by atomic mass is 9.86. The maximum Gasteiger partial charge on any atom is 0.308 e. The van der Waals surface area contributed by atoms with Gasteiger partial charge in [-0.05, 0) is 45.4 Å². The fraction of sp³-hybridized carbons (Fsp3) is 0.929. The summed E-state index contributed by atoms with van der Waals surface area (Å²) in [6.07, 6.45) is 5.72. The number of methoxy groups -OCH3 is 1. The number of ether oxygens (including phenoxy) is 1. The minimum absolute atomic E-state index is 0.0648. The van der Waals surface area contributed by atoms with Gasteiger partial charge in [-0.25, -0.2) is 0 Å². The Kier molecular flexibility index (Phi) is 5.62. The molecule has 21 heavy (non-hydrogen) atoms. The van der Waals surface area contributed by atoms with Crippen molar-refractivity contribution in [1.82, 2.24) is 9.03 Å². The zero-order valence-electron chi connectivity index (χ0n) is 12.9. The molecule has 2 rings (SSSR count). The number of carbonyl (C=O) groups excluding carboxylic acids is 1. The molecule has 7 heteroatoms. The van der Waals surface area contributed by atoms with Crippen molar-refractivity contribution in [2.45, 2.75) is 64.0 Å². The summed E-state index contributed by atoms with van der Waals surface area (Å²) >= 11 is 0. The molecule has 0 aromatic carbocycles. The Morgan fingerprint density at radius 2 is 1.81 bits per heavy atom. The van der Waals surface area contributed by atoms with Crippen LogP contribution in [0.3, 0.4) is 0 Å². The van der Waals surface area contributed by atoms with E-state index in [1.807, 2.05) is 6.92 Å². The normalized spacial score (nSPS) is 31.8. The molecule has 0 amide bonds. The molecule has 6 nitrogen and oxygen atoms in total. The van der Waals surface area contributed by atoms with Crippen LogP contribution in [0.4, 0.5) is 0 Å². The molecule has 1 saturated carbocycles. The maximum absolute atomic E-state index is 12.5. The van der Waals surface area contributed by atoms with Crippen molar-refractivity contribution in [1.29, 1.82) is 0 Å². The molecule has 122 valence electrons. The van der Waals surface area contributed by atoms with E-state index in [-0.39, 0.29) is 24.0 Å². The molecule has 1 aliphatic carbocycles. The Bertz CT molecular complexity index is 458. The third-order valence-corrected chi connectivity index (χ3v) is 6.42. The lowest BCUT2D eigenvalue weighted by Crippen LogP contribution is -2.51. The summed E-state index contributed by atoms with van der Waals surface area (Å²) in [6.45, 7) is 2.57. The molecule has 0 aromatic heterocycles. The average molecular weight is 318 g/mol. The minimum Gasteiger partial charge on any atom is -0.469 e. The highest BCUT2D eigenvalue weighted by Crippen LogP contribution is 2.27. The lowest BCUT2D eigenvalue weighted by molar-refractivity contribution is -0.146. The van der Waals surface area contributed by atoms with Gasteiger partial charge >= 0.3 is 5.97 Å². The summed E-state index contributed by atoms with van der Waals surface area (Å²) < 4.78 is 34.1. The van der Waals surface area contributed by atoms with E-state index in [2.05, 4.69) is 4.72 Å². The molecule has 0 aromatic rings. The van der Waals surface area contributed by atoms with Crippen molar-refractivity contribution in [2.24, 2.45) is 5.92 Å². The molecule has 1 heterocycles. The van der Waals surface area contributed by atoms with Crippen molar-refractivity contribution in [3.63, 3.8) is 0 Å². The SMILES string of the molecule is COC(=O)C1CCC(NS(=O)(=O)N2CCCCC2C)CC1. The molecule has 2 aliphatic rings. The lowest BCUT2D eigenvalue weighted by Gasteiger charge is -2.35. The Balaban J connectivity index is 1.88. The fourth-order valence-corrected chi connectivity index (χ4v) is 5.06. The standard InChI is InChI=1S/C14H26N2O4S/c1-11-5-3-4-10-16(11)21(18,19)15-13-8-6-12(7-9-13)14(17)20-2/h11-13,15H,3-10H2,1-2H3. The first kappa shape index (κ1) is 16.7. The number of nitrogens with one attached hydrogen (secondary N) is 1. The molecule has 0 radical (unpaired) electrons. The van der Waals surface area contributed by atoms with E-state index in [0.717, 1.165) is 19.3 Å². The highest BCUT2D eigenvalue weighted by Gasteiger charge is 2.33. The minimum atomic E-state index is -3.41. The highest BCUT2D eigenvalue weighted by atomic mass is 32.2. The van der Waals surface area contributed by atoms with Crippen LogP contribution in [0.25, 0.3) is 0 Å². The first-order valence-corrected chi connectivity index (χ1v) is 9.25. The quantitative estimate of drug-likeness (QED) is 0.796. The van der Waals surface area contributed by atoms with Gasteiger partial charge in [0, 0.05) is 18.6 Å². The van der Waals surface area contributed by atoms with Crippen LogP contribution in [-0.2, 0) is 19.7 Å². The molecule has 1 aliphatic heterocycles. The van der Waals surface area contributed by atoms with Gasteiger partial charge in [0.05, 0.1) is 13.0 Å². The number of rotatable bonds is 4. The molecule has 0 spiro atoms. The van der Waals surface area contributed by atoms with Gasteiger partial charge in [0.15, 0.2) is 0 Å². The predicted octanol–water partition coefficient (Wildman–Crippen LogP) is 1.43. The van der Waals surface area contributed by atoms with E-state index < -0.39 is 10.2 Å². The van der Waals surface area contributed by atoms with Gasteiger partial charge in [-0.1, -0.05) is 6.42 Å². The predicted molar refractivity (Wildman–Crippen MR) is 79.8 cm³/mol. The zero-order valence-corrected chi connectivity index (χ0v) is 13.7. The third-order valence-electron chi connectivity index (χ3n) is 4.63. The Morgan fingerprint density at radius 1 is 1.14 bits per heavy atom. The molecule has 1 unspecified atom stereocenters. The summed E-state index contributed by atoms with van der Waals surface area (Å²) in [5.41, 5.74) is 0. The Hall–Kier alpha value is -0.660. The van der Waals surface area contributed by atoms with Crippen LogP contribution in [0.1, 0.15) is 51.9 Å². The van der Waals surface area contributed by atoms with Crippen LogP contribution in [0, 0.1) is 5.92 Å². The first-order valence-electron chi connectivity index (χ1n) is 7.81. The number of hydrogen-bond acceptors (Lipinski definition) is 4. The number of esters is 1. The smallest absolute Gasteiger partial charge is 0.308 e. The topological polar surface area (TPSA) is 75.7 Å². The van der Waals surface area contributed by atoms with Gasteiger partial charge < -0.3 is 4.74 Å². The van der Waals surface area contributed by atoms with E-state index >= 15 is 0 Å². The van der Waals surface area contributed by atoms with E-state index in [9.17, 15) is 13.2 Å². The number of carbonyl (C=O) groups is 1. The van der Waals surface area contributed by atoms with Crippen molar-refractivity contribution < 1.29 is 17.9 Å². The van der Waals surface area contributed by atoms with E-state index in [1.54, 1.807) is 4.31 Å². The zero-order chi connectivity index (χ0) is 15.5. The summed E-state index contributed by atoms with van der Waals surface area (Å²) in [5, 5.41) is 0. The Morgan fingerprint density at radius 3 is 2.38 bits per heavy atom. The van der Waals surface area contributed by atoms with Gasteiger partial charge in [0.25, 0.3) is 10.2 Å². The van der Waals surface area contributed by atoms with Crippen LogP contribution in [0.5, 0.6) is 0 Å². The van der Waals surface area contributed by atoms with Gasteiger partial charge in [-0.2, -0.15) is 17.4 Å². The van der Waals surface area contributed by atoms with E-state index in [1.165, 1.54) is 7.11 Å². The van der Waals surface area contributed by atoms with Crippen LogP contribution < -0.4 is 4.72 Å². The van der Waals surface area contributed by atoms with Crippen molar-refractivity contribution in [3.05, 3.63) is 0 Å². The molecule has 1 saturated heterocycles. The fourth-order valence-electron chi connectivity index (χ4n) is 3.32. The summed E-state index contributed by atoms with van der Waals surface area (Å²) in [7, 11) is -2.01. The van der Waals surface area contributed by atoms with Crippen molar-refractivity contribution in [2.75, 3.05) is 13.7 Å². The second-order valence-electron chi connectivity index (χ2n) is 6.15.